The van der Waals surface area contributed by atoms with Crippen LogP contribution in [0, 0.1) is 5.92 Å². The minimum Gasteiger partial charge on any atom is -0.370 e. The summed E-state index contributed by atoms with van der Waals surface area (Å²) in [4.78, 5) is 16.7. The summed E-state index contributed by atoms with van der Waals surface area (Å²) < 4.78 is 1.03. The van der Waals surface area contributed by atoms with Crippen molar-refractivity contribution in [1.29, 1.82) is 0 Å². The Hall–Kier alpha value is -0.870. The second-order valence-electron chi connectivity index (χ2n) is 4.35. The quantitative estimate of drug-likeness (QED) is 0.868. The Kier molecular flexibility index (Phi) is 4.57. The molecule has 0 heterocycles. The van der Waals surface area contributed by atoms with Crippen molar-refractivity contribution in [3.63, 3.8) is 0 Å². The molecule has 0 bridgehead atoms. The van der Waals surface area contributed by atoms with Crippen molar-refractivity contribution in [3.05, 3.63) is 34.3 Å². The summed E-state index contributed by atoms with van der Waals surface area (Å²) in [6.07, 6.45) is 4.23. The van der Waals surface area contributed by atoms with Crippen LogP contribution in [0.2, 0.25) is 0 Å². The summed E-state index contributed by atoms with van der Waals surface area (Å²) in [5.74, 6) is -0.0116. The summed E-state index contributed by atoms with van der Waals surface area (Å²) in [5.41, 5.74) is 3.82. The van der Waals surface area contributed by atoms with Crippen LogP contribution >= 0.6 is 15.9 Å². The van der Waals surface area contributed by atoms with Gasteiger partial charge in [0.25, 0.3) is 0 Å². The molecule has 1 saturated carbocycles. The van der Waals surface area contributed by atoms with Gasteiger partial charge in [-0.05, 0) is 30.5 Å². The van der Waals surface area contributed by atoms with E-state index in [0.717, 1.165) is 35.7 Å². The van der Waals surface area contributed by atoms with Crippen LogP contribution in [0.1, 0.15) is 31.2 Å². The van der Waals surface area contributed by atoms with E-state index in [9.17, 15) is 4.79 Å². The highest BCUT2D eigenvalue weighted by atomic mass is 79.9. The molecular formula is C13H16BrNO2. The lowest BCUT2D eigenvalue weighted by atomic mass is 10.1. The van der Waals surface area contributed by atoms with Gasteiger partial charge in [-0.25, -0.2) is 0 Å². The van der Waals surface area contributed by atoms with E-state index in [2.05, 4.69) is 21.4 Å². The highest BCUT2D eigenvalue weighted by molar-refractivity contribution is 9.10. The third-order valence-electron chi connectivity index (χ3n) is 3.03. The van der Waals surface area contributed by atoms with E-state index in [-0.39, 0.29) is 11.9 Å². The van der Waals surface area contributed by atoms with Gasteiger partial charge in [0.15, 0.2) is 0 Å². The van der Waals surface area contributed by atoms with E-state index in [0.29, 0.717) is 6.54 Å². The molecule has 17 heavy (non-hydrogen) atoms. The van der Waals surface area contributed by atoms with Crippen LogP contribution in [0.15, 0.2) is 28.7 Å². The molecule has 2 rings (SSSR count). The standard InChI is InChI=1S/C13H16BrNO2/c14-12-7-3-4-10(8-12)9-15-17-13(16)11-5-1-2-6-11/h3-4,7-8,11,15H,1-2,5-6,9H2. The summed E-state index contributed by atoms with van der Waals surface area (Å²) in [6, 6.07) is 7.91. The molecule has 1 fully saturated rings. The van der Waals surface area contributed by atoms with Crippen LogP contribution < -0.4 is 5.48 Å². The van der Waals surface area contributed by atoms with Gasteiger partial charge >= 0.3 is 5.97 Å². The molecule has 1 aliphatic carbocycles. The number of halogens is 1. The van der Waals surface area contributed by atoms with Crippen LogP contribution in [0.5, 0.6) is 0 Å². The van der Waals surface area contributed by atoms with Gasteiger partial charge in [0.05, 0.1) is 12.5 Å². The number of hydrogen-bond acceptors (Lipinski definition) is 3. The third-order valence-corrected chi connectivity index (χ3v) is 3.52. The maximum absolute atomic E-state index is 11.6. The van der Waals surface area contributed by atoms with Crippen molar-refractivity contribution in [3.8, 4) is 0 Å². The SMILES string of the molecule is O=C(ONCc1cccc(Br)c1)C1CCCC1. The van der Waals surface area contributed by atoms with Crippen molar-refractivity contribution < 1.29 is 9.63 Å². The Morgan fingerprint density at radius 2 is 2.18 bits per heavy atom. The fourth-order valence-electron chi connectivity index (χ4n) is 2.08. The Bertz CT molecular complexity index is 389. The molecular weight excluding hydrogens is 282 g/mol. The number of benzene rings is 1. The van der Waals surface area contributed by atoms with Gasteiger partial charge in [0, 0.05) is 4.47 Å². The van der Waals surface area contributed by atoms with Gasteiger partial charge < -0.3 is 4.84 Å². The topological polar surface area (TPSA) is 38.3 Å². The van der Waals surface area contributed by atoms with E-state index in [1.54, 1.807) is 0 Å². The largest absolute Gasteiger partial charge is 0.370 e. The average molecular weight is 298 g/mol. The molecule has 0 radical (unpaired) electrons. The lowest BCUT2D eigenvalue weighted by molar-refractivity contribution is -0.156. The smallest absolute Gasteiger partial charge is 0.327 e. The first-order valence-corrected chi connectivity index (χ1v) is 6.73. The predicted octanol–water partition coefficient (Wildman–Crippen LogP) is 3.19. The van der Waals surface area contributed by atoms with Crippen LogP contribution in [-0.2, 0) is 16.2 Å². The number of carbonyl (C=O) groups excluding carboxylic acids is 1. The lowest BCUT2D eigenvalue weighted by Gasteiger charge is -2.09. The zero-order chi connectivity index (χ0) is 12.1. The van der Waals surface area contributed by atoms with Gasteiger partial charge in [-0.3, -0.25) is 4.79 Å². The molecule has 0 saturated heterocycles. The van der Waals surface area contributed by atoms with Gasteiger partial charge in [-0.15, -0.1) is 5.48 Å². The minimum atomic E-state index is -0.113. The monoisotopic (exact) mass is 297 g/mol. The average Bonchev–Trinajstić information content (AvgIpc) is 2.82. The fraction of sp³-hybridized carbons (Fsp3) is 0.462. The molecule has 3 nitrogen and oxygen atoms in total. The molecule has 1 aromatic carbocycles. The molecule has 0 amide bonds. The molecule has 1 aromatic rings. The molecule has 0 aliphatic heterocycles. The van der Waals surface area contributed by atoms with E-state index in [1.165, 1.54) is 0 Å². The van der Waals surface area contributed by atoms with E-state index < -0.39 is 0 Å². The van der Waals surface area contributed by atoms with E-state index in [4.69, 9.17) is 4.84 Å². The van der Waals surface area contributed by atoms with Crippen molar-refractivity contribution in [1.82, 2.24) is 5.48 Å². The number of rotatable bonds is 4. The lowest BCUT2D eigenvalue weighted by Crippen LogP contribution is -2.24. The summed E-state index contributed by atoms with van der Waals surface area (Å²) in [6.45, 7) is 0.540. The number of nitrogens with one attached hydrogen (secondary N) is 1. The Labute approximate surface area is 110 Å². The highest BCUT2D eigenvalue weighted by Crippen LogP contribution is 2.25. The van der Waals surface area contributed by atoms with Crippen molar-refractivity contribution >= 4 is 21.9 Å². The van der Waals surface area contributed by atoms with Crippen molar-refractivity contribution in [2.45, 2.75) is 32.2 Å². The summed E-state index contributed by atoms with van der Waals surface area (Å²) in [5, 5.41) is 0. The molecule has 4 heteroatoms. The molecule has 1 N–H and O–H groups in total. The second kappa shape index (κ2) is 6.17. The normalized spacial score (nSPS) is 16.1. The van der Waals surface area contributed by atoms with E-state index in [1.807, 2.05) is 24.3 Å². The van der Waals surface area contributed by atoms with Crippen LogP contribution in [0.4, 0.5) is 0 Å². The predicted molar refractivity (Wildman–Crippen MR) is 69.0 cm³/mol. The second-order valence-corrected chi connectivity index (χ2v) is 5.27. The molecule has 0 spiro atoms. The number of hydroxylamine groups is 1. The first-order valence-electron chi connectivity index (χ1n) is 5.94. The Balaban J connectivity index is 1.73. The van der Waals surface area contributed by atoms with E-state index >= 15 is 0 Å². The van der Waals surface area contributed by atoms with Crippen LogP contribution in [0.3, 0.4) is 0 Å². The molecule has 1 aliphatic rings. The Morgan fingerprint density at radius 1 is 1.41 bits per heavy atom. The van der Waals surface area contributed by atoms with Crippen LogP contribution in [-0.4, -0.2) is 5.97 Å². The first kappa shape index (κ1) is 12.6. The zero-order valence-corrected chi connectivity index (χ0v) is 11.2. The number of carbonyl (C=O) groups is 1. The zero-order valence-electron chi connectivity index (χ0n) is 9.62. The van der Waals surface area contributed by atoms with Gasteiger partial charge in [-0.1, -0.05) is 40.9 Å². The third kappa shape index (κ3) is 3.82. The van der Waals surface area contributed by atoms with Gasteiger partial charge in [-0.2, -0.15) is 0 Å². The molecule has 0 atom stereocenters. The minimum absolute atomic E-state index is 0.102. The Morgan fingerprint density at radius 3 is 2.88 bits per heavy atom. The number of hydrogen-bond donors (Lipinski definition) is 1. The maximum Gasteiger partial charge on any atom is 0.327 e. The molecule has 92 valence electrons. The summed E-state index contributed by atoms with van der Waals surface area (Å²) >= 11 is 3.40. The summed E-state index contributed by atoms with van der Waals surface area (Å²) in [7, 11) is 0. The van der Waals surface area contributed by atoms with Crippen molar-refractivity contribution in [2.24, 2.45) is 5.92 Å². The highest BCUT2D eigenvalue weighted by Gasteiger charge is 2.24. The van der Waals surface area contributed by atoms with Gasteiger partial charge in [0.2, 0.25) is 0 Å². The first-order chi connectivity index (χ1) is 8.25. The van der Waals surface area contributed by atoms with Crippen LogP contribution in [0.25, 0.3) is 0 Å². The van der Waals surface area contributed by atoms with Crippen molar-refractivity contribution in [2.75, 3.05) is 0 Å². The molecule has 0 aromatic heterocycles. The fourth-order valence-corrected chi connectivity index (χ4v) is 2.53. The molecule has 0 unspecified atom stereocenters. The van der Waals surface area contributed by atoms with Gasteiger partial charge in [0.1, 0.15) is 0 Å². The maximum atomic E-state index is 11.6.